The lowest BCUT2D eigenvalue weighted by atomic mass is 10.2. The van der Waals surface area contributed by atoms with Crippen LogP contribution in [0.2, 0.25) is 0 Å². The molecule has 2 aromatic rings. The van der Waals surface area contributed by atoms with Crippen LogP contribution in [0.15, 0.2) is 48.5 Å². The van der Waals surface area contributed by atoms with E-state index in [4.69, 9.17) is 9.05 Å². The molecule has 0 amide bonds. The molecule has 2 nitrogen and oxygen atoms in total. The van der Waals surface area contributed by atoms with Gasteiger partial charge in [-0.05, 0) is 37.1 Å². The summed E-state index contributed by atoms with van der Waals surface area (Å²) in [5.41, 5.74) is 2.27. The Hall–Kier alpha value is -1.53. The molecule has 0 bridgehead atoms. The Morgan fingerprint density at radius 1 is 0.789 bits per heavy atom. The molecule has 0 unspecified atom stereocenters. The molecule has 0 aliphatic rings. The molecule has 0 saturated carbocycles. The maximum absolute atomic E-state index is 6.00. The molecule has 3 heteroatoms. The van der Waals surface area contributed by atoms with Crippen molar-refractivity contribution in [2.45, 2.75) is 20.8 Å². The molecule has 0 aromatic heterocycles. The second kappa shape index (κ2) is 6.58. The smallest absolute Gasteiger partial charge is 0.290 e. The van der Waals surface area contributed by atoms with Crippen molar-refractivity contribution < 1.29 is 9.05 Å². The first-order valence-electron chi connectivity index (χ1n) is 6.45. The molecule has 2 rings (SSSR count). The van der Waals surface area contributed by atoms with Gasteiger partial charge in [-0.1, -0.05) is 43.3 Å². The molecule has 0 heterocycles. The third kappa shape index (κ3) is 3.71. The first-order chi connectivity index (χ1) is 9.20. The van der Waals surface area contributed by atoms with Crippen molar-refractivity contribution in [2.24, 2.45) is 0 Å². The van der Waals surface area contributed by atoms with Crippen LogP contribution in [0.5, 0.6) is 11.5 Å². The lowest BCUT2D eigenvalue weighted by Gasteiger charge is -2.19. The fourth-order valence-electron chi connectivity index (χ4n) is 1.68. The fraction of sp³-hybridized carbons (Fsp3) is 0.250. The highest BCUT2D eigenvalue weighted by Crippen LogP contribution is 2.41. The third-order valence-corrected chi connectivity index (χ3v) is 4.16. The Morgan fingerprint density at radius 2 is 1.21 bits per heavy atom. The number of rotatable bonds is 5. The second-order valence-corrected chi connectivity index (χ2v) is 6.03. The van der Waals surface area contributed by atoms with E-state index in [2.05, 4.69) is 6.92 Å². The Balaban J connectivity index is 2.09. The van der Waals surface area contributed by atoms with E-state index in [1.165, 1.54) is 0 Å². The van der Waals surface area contributed by atoms with Crippen LogP contribution in [0.25, 0.3) is 0 Å². The standard InChI is InChI=1S/C16H19O2P/c1-4-19(17-15-11-7-5-9-13(15)2)18-16-12-8-6-10-14(16)3/h5-12H,4H2,1-3H3. The largest absolute Gasteiger partial charge is 0.438 e. The molecule has 0 N–H and O–H groups in total. The van der Waals surface area contributed by atoms with Gasteiger partial charge < -0.3 is 9.05 Å². The summed E-state index contributed by atoms with van der Waals surface area (Å²) in [7, 11) is -0.943. The Labute approximate surface area is 116 Å². The van der Waals surface area contributed by atoms with Crippen LogP contribution in [-0.4, -0.2) is 6.16 Å². The number of hydrogen-bond acceptors (Lipinski definition) is 2. The number of para-hydroxylation sites is 2. The van der Waals surface area contributed by atoms with Crippen molar-refractivity contribution in [3.05, 3.63) is 59.7 Å². The molecule has 0 fully saturated rings. The first-order valence-corrected chi connectivity index (χ1v) is 7.81. The predicted octanol–water partition coefficient (Wildman–Crippen LogP) is 5.09. The number of benzene rings is 2. The molecule has 0 aliphatic carbocycles. The lowest BCUT2D eigenvalue weighted by molar-refractivity contribution is 0.487. The number of aryl methyl sites for hydroxylation is 2. The highest BCUT2D eigenvalue weighted by Gasteiger charge is 2.14. The van der Waals surface area contributed by atoms with Gasteiger partial charge in [0.1, 0.15) is 11.5 Å². The van der Waals surface area contributed by atoms with Crippen molar-refractivity contribution in [1.29, 1.82) is 0 Å². The van der Waals surface area contributed by atoms with Crippen molar-refractivity contribution >= 4 is 8.38 Å². The molecule has 0 aliphatic heterocycles. The summed E-state index contributed by atoms with van der Waals surface area (Å²) in [4.78, 5) is 0. The van der Waals surface area contributed by atoms with Crippen LogP contribution in [0, 0.1) is 13.8 Å². The number of hydrogen-bond donors (Lipinski definition) is 0. The summed E-state index contributed by atoms with van der Waals surface area (Å²) in [5.74, 6) is 1.81. The molecule has 0 atom stereocenters. The monoisotopic (exact) mass is 274 g/mol. The first kappa shape index (κ1) is 13.9. The lowest BCUT2D eigenvalue weighted by Crippen LogP contribution is -1.99. The normalized spacial score (nSPS) is 10.5. The quantitative estimate of drug-likeness (QED) is 0.707. The zero-order valence-electron chi connectivity index (χ0n) is 11.6. The second-order valence-electron chi connectivity index (χ2n) is 4.36. The summed E-state index contributed by atoms with van der Waals surface area (Å²) < 4.78 is 12.0. The van der Waals surface area contributed by atoms with Crippen LogP contribution >= 0.6 is 8.38 Å². The van der Waals surface area contributed by atoms with Crippen molar-refractivity contribution in [1.82, 2.24) is 0 Å². The van der Waals surface area contributed by atoms with Crippen molar-refractivity contribution in [3.8, 4) is 11.5 Å². The predicted molar refractivity (Wildman–Crippen MR) is 81.1 cm³/mol. The Bertz CT molecular complexity index is 492. The van der Waals surface area contributed by atoms with E-state index >= 15 is 0 Å². The van der Waals surface area contributed by atoms with Crippen molar-refractivity contribution in [2.75, 3.05) is 6.16 Å². The van der Waals surface area contributed by atoms with E-state index in [0.29, 0.717) is 0 Å². The van der Waals surface area contributed by atoms with E-state index in [1.54, 1.807) is 0 Å². The molecular formula is C16H19O2P. The van der Waals surface area contributed by atoms with E-state index in [-0.39, 0.29) is 0 Å². The van der Waals surface area contributed by atoms with E-state index in [0.717, 1.165) is 28.8 Å². The fourth-order valence-corrected chi connectivity index (χ4v) is 2.83. The molecule has 0 radical (unpaired) electrons. The van der Waals surface area contributed by atoms with Gasteiger partial charge in [0.2, 0.25) is 0 Å². The maximum atomic E-state index is 6.00. The summed E-state index contributed by atoms with van der Waals surface area (Å²) in [6.07, 6.45) is 0.859. The summed E-state index contributed by atoms with van der Waals surface area (Å²) in [5, 5.41) is 0. The van der Waals surface area contributed by atoms with E-state index < -0.39 is 8.38 Å². The van der Waals surface area contributed by atoms with E-state index in [1.807, 2.05) is 62.4 Å². The van der Waals surface area contributed by atoms with Gasteiger partial charge in [0.05, 0.1) is 0 Å². The van der Waals surface area contributed by atoms with Gasteiger partial charge in [0, 0.05) is 6.16 Å². The van der Waals surface area contributed by atoms with Crippen LogP contribution in [-0.2, 0) is 0 Å². The summed E-state index contributed by atoms with van der Waals surface area (Å²) >= 11 is 0. The van der Waals surface area contributed by atoms with Gasteiger partial charge in [-0.25, -0.2) is 0 Å². The molecule has 2 aromatic carbocycles. The summed E-state index contributed by atoms with van der Waals surface area (Å²) in [6.45, 7) is 6.18. The van der Waals surface area contributed by atoms with Crippen LogP contribution < -0.4 is 9.05 Å². The zero-order valence-corrected chi connectivity index (χ0v) is 12.5. The average Bonchev–Trinajstić information content (AvgIpc) is 2.42. The third-order valence-electron chi connectivity index (χ3n) is 2.85. The minimum atomic E-state index is -0.943. The Kier molecular flexibility index (Phi) is 4.81. The molecule has 100 valence electrons. The molecular weight excluding hydrogens is 255 g/mol. The topological polar surface area (TPSA) is 18.5 Å². The van der Waals surface area contributed by atoms with Crippen LogP contribution in [0.4, 0.5) is 0 Å². The van der Waals surface area contributed by atoms with Gasteiger partial charge >= 0.3 is 0 Å². The Morgan fingerprint density at radius 3 is 1.58 bits per heavy atom. The molecule has 0 saturated heterocycles. The minimum Gasteiger partial charge on any atom is -0.438 e. The minimum absolute atomic E-state index is 0.859. The van der Waals surface area contributed by atoms with E-state index in [9.17, 15) is 0 Å². The summed E-state index contributed by atoms with van der Waals surface area (Å²) in [6, 6.07) is 16.1. The van der Waals surface area contributed by atoms with Crippen LogP contribution in [0.3, 0.4) is 0 Å². The van der Waals surface area contributed by atoms with Crippen LogP contribution in [0.1, 0.15) is 18.1 Å². The van der Waals surface area contributed by atoms with Gasteiger partial charge in [-0.3, -0.25) is 0 Å². The molecule has 19 heavy (non-hydrogen) atoms. The highest BCUT2D eigenvalue weighted by molar-refractivity contribution is 7.48. The average molecular weight is 274 g/mol. The molecule has 0 spiro atoms. The van der Waals surface area contributed by atoms with Gasteiger partial charge in [0.15, 0.2) is 0 Å². The van der Waals surface area contributed by atoms with Gasteiger partial charge in [-0.2, -0.15) is 0 Å². The van der Waals surface area contributed by atoms with Gasteiger partial charge in [0.25, 0.3) is 8.38 Å². The SMILES string of the molecule is CCP(Oc1ccccc1C)Oc1ccccc1C. The van der Waals surface area contributed by atoms with Crippen molar-refractivity contribution in [3.63, 3.8) is 0 Å². The highest BCUT2D eigenvalue weighted by atomic mass is 31.2. The zero-order chi connectivity index (χ0) is 13.7. The van der Waals surface area contributed by atoms with Gasteiger partial charge in [-0.15, -0.1) is 0 Å². The maximum Gasteiger partial charge on any atom is 0.290 e.